The first kappa shape index (κ1) is 25.0. The van der Waals surface area contributed by atoms with E-state index in [2.05, 4.69) is 48.4 Å². The monoisotopic (exact) mass is 501 g/mol. The summed E-state index contributed by atoms with van der Waals surface area (Å²) in [6, 6.07) is 33.7. The summed E-state index contributed by atoms with van der Waals surface area (Å²) in [7, 11) is 0. The number of nitrogens with one attached hydrogen (secondary N) is 2. The van der Waals surface area contributed by atoms with Gasteiger partial charge in [0, 0.05) is 22.0 Å². The van der Waals surface area contributed by atoms with E-state index in [9.17, 15) is 4.79 Å². The van der Waals surface area contributed by atoms with Crippen molar-refractivity contribution in [3.05, 3.63) is 125 Å². The van der Waals surface area contributed by atoms with Crippen LogP contribution in [0.5, 0.6) is 5.75 Å². The number of ether oxygens (including phenoxy) is 1. The molecule has 0 saturated heterocycles. The Balaban J connectivity index is 1.23. The Kier molecular flexibility index (Phi) is 7.09. The summed E-state index contributed by atoms with van der Waals surface area (Å²) in [6.45, 7) is 7.00. The zero-order chi connectivity index (χ0) is 26.5. The van der Waals surface area contributed by atoms with E-state index >= 15 is 0 Å². The Labute approximate surface area is 223 Å². The maximum Gasteiger partial charge on any atom is 0.271 e. The second-order valence-corrected chi connectivity index (χ2v) is 10.3. The van der Waals surface area contributed by atoms with Crippen LogP contribution in [0.4, 0.5) is 0 Å². The highest BCUT2D eigenvalue weighted by Crippen LogP contribution is 2.29. The maximum absolute atomic E-state index is 12.7. The highest BCUT2D eigenvalue weighted by atomic mass is 16.5. The molecule has 1 aromatic heterocycles. The molecule has 4 aromatic carbocycles. The van der Waals surface area contributed by atoms with Gasteiger partial charge in [0.15, 0.2) is 0 Å². The number of nitrogens with zero attached hydrogens (tertiary/aromatic N) is 1. The molecule has 5 rings (SSSR count). The minimum absolute atomic E-state index is 0.110. The minimum atomic E-state index is -0.271. The number of carbonyl (C=O) groups is 1. The van der Waals surface area contributed by atoms with E-state index in [0.717, 1.165) is 39.0 Å². The number of aromatic amines is 1. The molecule has 0 atom stereocenters. The summed E-state index contributed by atoms with van der Waals surface area (Å²) >= 11 is 0. The van der Waals surface area contributed by atoms with Gasteiger partial charge in [-0.3, -0.25) is 4.79 Å². The van der Waals surface area contributed by atoms with Crippen molar-refractivity contribution in [2.45, 2.75) is 32.8 Å². The number of amides is 1. The lowest BCUT2D eigenvalue weighted by molar-refractivity contribution is 0.0955. The number of para-hydroxylation sites is 1. The summed E-state index contributed by atoms with van der Waals surface area (Å²) in [5, 5.41) is 5.32. The van der Waals surface area contributed by atoms with Gasteiger partial charge in [-0.15, -0.1) is 0 Å². The quantitative estimate of drug-likeness (QED) is 0.179. The molecule has 0 aliphatic rings. The van der Waals surface area contributed by atoms with Crippen LogP contribution in [-0.4, -0.2) is 17.1 Å². The van der Waals surface area contributed by atoms with Crippen LogP contribution in [0, 0.1) is 0 Å². The van der Waals surface area contributed by atoms with Gasteiger partial charge >= 0.3 is 0 Å². The zero-order valence-corrected chi connectivity index (χ0v) is 21.9. The number of hydrogen-bond acceptors (Lipinski definition) is 3. The lowest BCUT2D eigenvalue weighted by atomic mass is 9.87. The average Bonchev–Trinajstić information content (AvgIpc) is 3.31. The second kappa shape index (κ2) is 10.8. The summed E-state index contributed by atoms with van der Waals surface area (Å²) in [5.41, 5.74) is 9.51. The minimum Gasteiger partial charge on any atom is -0.489 e. The largest absolute Gasteiger partial charge is 0.489 e. The van der Waals surface area contributed by atoms with Crippen LogP contribution in [0.2, 0.25) is 0 Å². The topological polar surface area (TPSA) is 66.5 Å². The average molecular weight is 502 g/mol. The van der Waals surface area contributed by atoms with Crippen molar-refractivity contribution in [3.63, 3.8) is 0 Å². The summed E-state index contributed by atoms with van der Waals surface area (Å²) in [5.74, 6) is 0.550. The van der Waals surface area contributed by atoms with Gasteiger partial charge in [0.1, 0.15) is 12.4 Å². The van der Waals surface area contributed by atoms with Crippen LogP contribution < -0.4 is 10.2 Å². The van der Waals surface area contributed by atoms with Gasteiger partial charge in [-0.1, -0.05) is 93.6 Å². The van der Waals surface area contributed by atoms with Crippen molar-refractivity contribution in [1.82, 2.24) is 10.4 Å². The normalized spacial score (nSPS) is 11.7. The molecule has 0 saturated carbocycles. The third-order valence-electron chi connectivity index (χ3n) is 6.51. The molecule has 1 amide bonds. The molecule has 5 nitrogen and oxygen atoms in total. The summed E-state index contributed by atoms with van der Waals surface area (Å²) < 4.78 is 5.92. The zero-order valence-electron chi connectivity index (χ0n) is 21.9. The SMILES string of the molecule is CC(C)(C)c1ccc(OCc2ccc(C(=O)N/N=C\c3c(-c4ccccc4)[nH]c4ccccc34)cc2)cc1. The third kappa shape index (κ3) is 5.68. The lowest BCUT2D eigenvalue weighted by Crippen LogP contribution is -2.17. The van der Waals surface area contributed by atoms with Crippen LogP contribution in [0.15, 0.2) is 108 Å². The van der Waals surface area contributed by atoms with Crippen molar-refractivity contribution in [1.29, 1.82) is 0 Å². The standard InChI is InChI=1S/C33H31N3O2/c1-33(2,3)26-17-19-27(20-18-26)38-22-23-13-15-25(16-14-23)32(37)36-34-21-29-28-11-7-8-12-30(28)35-31(29)24-9-5-4-6-10-24/h4-21,35H,22H2,1-3H3,(H,36,37)/b34-21-. The predicted molar refractivity (Wildman–Crippen MR) is 155 cm³/mol. The van der Waals surface area contributed by atoms with E-state index < -0.39 is 0 Å². The van der Waals surface area contributed by atoms with Gasteiger partial charge in [-0.25, -0.2) is 5.43 Å². The highest BCUT2D eigenvalue weighted by Gasteiger charge is 2.13. The van der Waals surface area contributed by atoms with Gasteiger partial charge < -0.3 is 9.72 Å². The van der Waals surface area contributed by atoms with Crippen molar-refractivity contribution in [2.75, 3.05) is 0 Å². The summed E-state index contributed by atoms with van der Waals surface area (Å²) in [4.78, 5) is 16.2. The van der Waals surface area contributed by atoms with E-state index in [-0.39, 0.29) is 11.3 Å². The number of rotatable bonds is 7. The fraction of sp³-hybridized carbons (Fsp3) is 0.152. The van der Waals surface area contributed by atoms with E-state index in [0.29, 0.717) is 12.2 Å². The molecule has 1 heterocycles. The lowest BCUT2D eigenvalue weighted by Gasteiger charge is -2.19. The smallest absolute Gasteiger partial charge is 0.271 e. The van der Waals surface area contributed by atoms with Gasteiger partial charge in [0.2, 0.25) is 0 Å². The molecule has 5 aromatic rings. The van der Waals surface area contributed by atoms with Crippen molar-refractivity contribution < 1.29 is 9.53 Å². The Morgan fingerprint density at radius 3 is 2.26 bits per heavy atom. The molecule has 2 N–H and O–H groups in total. The van der Waals surface area contributed by atoms with Crippen LogP contribution >= 0.6 is 0 Å². The molecule has 0 fully saturated rings. The van der Waals surface area contributed by atoms with Crippen LogP contribution in [-0.2, 0) is 12.0 Å². The summed E-state index contributed by atoms with van der Waals surface area (Å²) in [6.07, 6.45) is 1.70. The molecule has 0 aliphatic carbocycles. The molecule has 38 heavy (non-hydrogen) atoms. The number of aromatic nitrogens is 1. The Hall–Kier alpha value is -4.64. The van der Waals surface area contributed by atoms with Crippen LogP contribution in [0.25, 0.3) is 22.2 Å². The molecule has 190 valence electrons. The molecule has 0 spiro atoms. The number of fused-ring (bicyclic) bond motifs is 1. The third-order valence-corrected chi connectivity index (χ3v) is 6.51. The van der Waals surface area contributed by atoms with Gasteiger partial charge in [-0.2, -0.15) is 5.10 Å². The first-order valence-corrected chi connectivity index (χ1v) is 12.7. The Morgan fingerprint density at radius 2 is 1.55 bits per heavy atom. The fourth-order valence-electron chi connectivity index (χ4n) is 4.32. The predicted octanol–water partition coefficient (Wildman–Crippen LogP) is 7.48. The molecule has 5 heteroatoms. The van der Waals surface area contributed by atoms with Gasteiger partial charge in [0.25, 0.3) is 5.91 Å². The Morgan fingerprint density at radius 1 is 0.868 bits per heavy atom. The van der Waals surface area contributed by atoms with Crippen molar-refractivity contribution >= 4 is 23.0 Å². The first-order chi connectivity index (χ1) is 18.4. The molecular formula is C33H31N3O2. The molecule has 0 unspecified atom stereocenters. The van der Waals surface area contributed by atoms with E-state index in [1.807, 2.05) is 78.9 Å². The molecular weight excluding hydrogens is 470 g/mol. The van der Waals surface area contributed by atoms with Crippen LogP contribution in [0.1, 0.15) is 47.8 Å². The number of hydrazone groups is 1. The molecule has 0 bridgehead atoms. The highest BCUT2D eigenvalue weighted by molar-refractivity contribution is 6.06. The molecule has 0 radical (unpaired) electrons. The molecule has 0 aliphatic heterocycles. The van der Waals surface area contributed by atoms with E-state index in [1.54, 1.807) is 18.3 Å². The second-order valence-electron chi connectivity index (χ2n) is 10.3. The van der Waals surface area contributed by atoms with E-state index in [1.165, 1.54) is 5.56 Å². The van der Waals surface area contributed by atoms with Crippen molar-refractivity contribution in [2.24, 2.45) is 5.10 Å². The maximum atomic E-state index is 12.7. The van der Waals surface area contributed by atoms with E-state index in [4.69, 9.17) is 4.74 Å². The van der Waals surface area contributed by atoms with Crippen LogP contribution in [0.3, 0.4) is 0 Å². The number of hydrogen-bond donors (Lipinski definition) is 2. The number of benzene rings is 4. The number of carbonyl (C=O) groups excluding carboxylic acids is 1. The number of H-pyrrole nitrogens is 1. The Bertz CT molecular complexity index is 1560. The fourth-order valence-corrected chi connectivity index (χ4v) is 4.32. The van der Waals surface area contributed by atoms with Crippen molar-refractivity contribution in [3.8, 4) is 17.0 Å². The van der Waals surface area contributed by atoms with Gasteiger partial charge in [0.05, 0.1) is 11.9 Å². The van der Waals surface area contributed by atoms with Gasteiger partial charge in [-0.05, 0) is 52.4 Å². The first-order valence-electron chi connectivity index (χ1n) is 12.7.